The van der Waals surface area contributed by atoms with Crippen LogP contribution in [0.25, 0.3) is 0 Å². The topological polar surface area (TPSA) is 86.9 Å². The Labute approximate surface area is 152 Å². The van der Waals surface area contributed by atoms with E-state index in [-0.39, 0.29) is 35.8 Å². The van der Waals surface area contributed by atoms with Gasteiger partial charge in [-0.3, -0.25) is 14.5 Å². The molecular weight excluding hydrogens is 411 g/mol. The summed E-state index contributed by atoms with van der Waals surface area (Å²) in [4.78, 5) is 29.1. The van der Waals surface area contributed by atoms with Gasteiger partial charge in [0.1, 0.15) is 12.3 Å². The van der Waals surface area contributed by atoms with Gasteiger partial charge in [0.25, 0.3) is 0 Å². The van der Waals surface area contributed by atoms with Gasteiger partial charge in [-0.2, -0.15) is 0 Å². The first-order chi connectivity index (χ1) is 10.7. The molecule has 2 N–H and O–H groups in total. The molecule has 1 aliphatic heterocycles. The number of guanidine groups is 1. The van der Waals surface area contributed by atoms with E-state index < -0.39 is 0 Å². The number of aliphatic imine (C=N–C) groups is 1. The molecule has 1 aromatic rings. The van der Waals surface area contributed by atoms with Crippen LogP contribution in [0.3, 0.4) is 0 Å². The van der Waals surface area contributed by atoms with E-state index in [1.807, 2.05) is 19.1 Å². The van der Waals surface area contributed by atoms with Crippen molar-refractivity contribution < 1.29 is 14.0 Å². The molecule has 0 spiro atoms. The van der Waals surface area contributed by atoms with E-state index >= 15 is 0 Å². The Morgan fingerprint density at radius 3 is 2.65 bits per heavy atom. The van der Waals surface area contributed by atoms with Crippen LogP contribution in [-0.4, -0.2) is 42.3 Å². The SMILES string of the molecule is CCNC(=NCc1ccco1)NCCN1C(=O)CCCC1=O.I. The Balaban J connectivity index is 0.00000264. The molecule has 0 bridgehead atoms. The number of rotatable bonds is 6. The van der Waals surface area contributed by atoms with Gasteiger partial charge in [-0.25, -0.2) is 4.99 Å². The summed E-state index contributed by atoms with van der Waals surface area (Å²) in [7, 11) is 0. The van der Waals surface area contributed by atoms with Crippen LogP contribution < -0.4 is 10.6 Å². The van der Waals surface area contributed by atoms with Crippen molar-refractivity contribution in [1.29, 1.82) is 0 Å². The predicted molar refractivity (Wildman–Crippen MR) is 97.5 cm³/mol. The normalized spacial score (nSPS) is 15.3. The Morgan fingerprint density at radius 2 is 2.04 bits per heavy atom. The second-order valence-corrected chi connectivity index (χ2v) is 4.99. The van der Waals surface area contributed by atoms with Gasteiger partial charge < -0.3 is 15.1 Å². The second kappa shape index (κ2) is 10.2. The van der Waals surface area contributed by atoms with E-state index in [0.717, 1.165) is 12.3 Å². The summed E-state index contributed by atoms with van der Waals surface area (Å²) >= 11 is 0. The maximum atomic E-state index is 11.7. The highest BCUT2D eigenvalue weighted by Crippen LogP contribution is 2.11. The largest absolute Gasteiger partial charge is 0.467 e. The van der Waals surface area contributed by atoms with E-state index in [4.69, 9.17) is 4.42 Å². The zero-order chi connectivity index (χ0) is 15.8. The molecule has 2 rings (SSSR count). The van der Waals surface area contributed by atoms with Crippen LogP contribution in [0, 0.1) is 0 Å². The monoisotopic (exact) mass is 434 g/mol. The molecule has 0 atom stereocenters. The van der Waals surface area contributed by atoms with E-state index in [1.54, 1.807) is 6.26 Å². The van der Waals surface area contributed by atoms with Crippen molar-refractivity contribution in [3.63, 3.8) is 0 Å². The first kappa shape index (κ1) is 19.5. The number of furan rings is 1. The van der Waals surface area contributed by atoms with E-state index in [2.05, 4.69) is 15.6 Å². The van der Waals surface area contributed by atoms with Crippen molar-refractivity contribution in [1.82, 2.24) is 15.5 Å². The minimum Gasteiger partial charge on any atom is -0.467 e. The van der Waals surface area contributed by atoms with Crippen LogP contribution in [0.15, 0.2) is 27.8 Å². The van der Waals surface area contributed by atoms with Crippen molar-refractivity contribution in [2.45, 2.75) is 32.7 Å². The molecule has 1 aromatic heterocycles. The maximum absolute atomic E-state index is 11.7. The molecule has 0 unspecified atom stereocenters. The lowest BCUT2D eigenvalue weighted by Gasteiger charge is -2.25. The summed E-state index contributed by atoms with van der Waals surface area (Å²) in [6.07, 6.45) is 3.18. The van der Waals surface area contributed by atoms with Gasteiger partial charge in [-0.05, 0) is 25.5 Å². The Hall–Kier alpha value is -1.58. The molecular formula is C15H23IN4O3. The molecule has 0 aromatic carbocycles. The van der Waals surface area contributed by atoms with Crippen LogP contribution in [0.5, 0.6) is 0 Å². The third kappa shape index (κ3) is 6.20. The summed E-state index contributed by atoms with van der Waals surface area (Å²) in [6.45, 7) is 3.97. The average Bonchev–Trinajstić information content (AvgIpc) is 3.01. The molecule has 0 radical (unpaired) electrons. The molecule has 0 saturated carbocycles. The molecule has 7 nitrogen and oxygen atoms in total. The van der Waals surface area contributed by atoms with Crippen LogP contribution >= 0.6 is 24.0 Å². The summed E-state index contributed by atoms with van der Waals surface area (Å²) < 4.78 is 5.23. The molecule has 1 fully saturated rings. The zero-order valence-electron chi connectivity index (χ0n) is 13.2. The van der Waals surface area contributed by atoms with Gasteiger partial charge in [0.2, 0.25) is 11.8 Å². The maximum Gasteiger partial charge on any atom is 0.229 e. The van der Waals surface area contributed by atoms with Crippen LogP contribution in [0.2, 0.25) is 0 Å². The number of piperidine rings is 1. The van der Waals surface area contributed by atoms with Crippen molar-refractivity contribution in [3.8, 4) is 0 Å². The highest BCUT2D eigenvalue weighted by Gasteiger charge is 2.25. The third-order valence-corrected chi connectivity index (χ3v) is 3.33. The van der Waals surface area contributed by atoms with E-state index in [9.17, 15) is 9.59 Å². The second-order valence-electron chi connectivity index (χ2n) is 4.99. The highest BCUT2D eigenvalue weighted by atomic mass is 127. The standard InChI is InChI=1S/C15H22N4O3.HI/c1-2-16-15(18-11-12-5-4-10-22-12)17-8-9-19-13(20)6-3-7-14(19)21;/h4-5,10H,2-3,6-9,11H2,1H3,(H2,16,17,18);1H. The molecule has 1 saturated heterocycles. The number of imide groups is 1. The lowest BCUT2D eigenvalue weighted by atomic mass is 10.1. The van der Waals surface area contributed by atoms with Crippen LogP contribution in [-0.2, 0) is 16.1 Å². The number of hydrogen-bond acceptors (Lipinski definition) is 4. The average molecular weight is 434 g/mol. The molecule has 1 aliphatic rings. The predicted octanol–water partition coefficient (Wildman–Crippen LogP) is 1.49. The number of hydrogen-bond donors (Lipinski definition) is 2. The number of carbonyl (C=O) groups is 2. The smallest absolute Gasteiger partial charge is 0.229 e. The number of nitrogens with one attached hydrogen (secondary N) is 2. The Morgan fingerprint density at radius 1 is 1.30 bits per heavy atom. The van der Waals surface area contributed by atoms with Crippen molar-refractivity contribution >= 4 is 41.8 Å². The number of halogens is 1. The summed E-state index contributed by atoms with van der Waals surface area (Å²) in [5.74, 6) is 1.24. The minimum atomic E-state index is -0.0874. The molecule has 23 heavy (non-hydrogen) atoms. The van der Waals surface area contributed by atoms with Gasteiger partial charge in [-0.15, -0.1) is 24.0 Å². The lowest BCUT2D eigenvalue weighted by molar-refractivity contribution is -0.147. The molecule has 8 heteroatoms. The fourth-order valence-corrected chi connectivity index (χ4v) is 2.24. The van der Waals surface area contributed by atoms with Gasteiger partial charge in [-0.1, -0.05) is 0 Å². The highest BCUT2D eigenvalue weighted by molar-refractivity contribution is 14.0. The van der Waals surface area contributed by atoms with Crippen LogP contribution in [0.1, 0.15) is 31.9 Å². The summed E-state index contributed by atoms with van der Waals surface area (Å²) in [6, 6.07) is 3.68. The van der Waals surface area contributed by atoms with Crippen molar-refractivity contribution in [3.05, 3.63) is 24.2 Å². The zero-order valence-corrected chi connectivity index (χ0v) is 15.5. The molecule has 2 amide bonds. The van der Waals surface area contributed by atoms with Crippen molar-refractivity contribution in [2.24, 2.45) is 4.99 Å². The number of amides is 2. The van der Waals surface area contributed by atoms with E-state index in [0.29, 0.717) is 44.9 Å². The fourth-order valence-electron chi connectivity index (χ4n) is 2.24. The van der Waals surface area contributed by atoms with Crippen molar-refractivity contribution in [2.75, 3.05) is 19.6 Å². The van der Waals surface area contributed by atoms with E-state index in [1.165, 1.54) is 4.90 Å². The number of carbonyl (C=O) groups excluding carboxylic acids is 2. The number of nitrogens with zero attached hydrogens (tertiary/aromatic N) is 2. The van der Waals surface area contributed by atoms with Crippen LogP contribution in [0.4, 0.5) is 0 Å². The lowest BCUT2D eigenvalue weighted by Crippen LogP contribution is -2.46. The third-order valence-electron chi connectivity index (χ3n) is 3.33. The summed E-state index contributed by atoms with van der Waals surface area (Å²) in [5, 5.41) is 6.24. The van der Waals surface area contributed by atoms with Gasteiger partial charge in [0.05, 0.1) is 6.26 Å². The summed E-state index contributed by atoms with van der Waals surface area (Å²) in [5.41, 5.74) is 0. The Kier molecular flexibility index (Phi) is 8.67. The van der Waals surface area contributed by atoms with Gasteiger partial charge in [0, 0.05) is 32.5 Å². The number of likely N-dealkylation sites (tertiary alicyclic amines) is 1. The molecule has 128 valence electrons. The molecule has 2 heterocycles. The first-order valence-electron chi connectivity index (χ1n) is 7.58. The molecule has 0 aliphatic carbocycles. The minimum absolute atomic E-state index is 0. The Bertz CT molecular complexity index is 515. The fraction of sp³-hybridized carbons (Fsp3) is 0.533. The quantitative estimate of drug-likeness (QED) is 0.307. The van der Waals surface area contributed by atoms with Gasteiger partial charge in [0.15, 0.2) is 5.96 Å². The van der Waals surface area contributed by atoms with Gasteiger partial charge >= 0.3 is 0 Å². The first-order valence-corrected chi connectivity index (χ1v) is 7.58.